The first-order chi connectivity index (χ1) is 16.5. The van der Waals surface area contributed by atoms with Crippen LogP contribution in [0.1, 0.15) is 22.8 Å². The number of hydrazone groups is 1. The van der Waals surface area contributed by atoms with E-state index in [2.05, 4.69) is 21.2 Å². The number of rotatable bonds is 8. The van der Waals surface area contributed by atoms with Crippen LogP contribution in [0.3, 0.4) is 0 Å². The molecule has 0 aliphatic heterocycles. The third-order valence-corrected chi connectivity index (χ3v) is 4.56. The number of carbonyl (C=O) groups is 3. The fraction of sp³-hybridized carbons (Fsp3) is 0.120. The highest BCUT2D eigenvalue weighted by molar-refractivity contribution is 6.40. The number of nitrogens with one attached hydrogen (secondary N) is 3. The zero-order valence-electron chi connectivity index (χ0n) is 18.7. The van der Waals surface area contributed by atoms with E-state index in [0.29, 0.717) is 29.4 Å². The van der Waals surface area contributed by atoms with E-state index in [-0.39, 0.29) is 11.3 Å². The van der Waals surface area contributed by atoms with E-state index in [1.807, 2.05) is 6.92 Å². The molecule has 3 aromatic carbocycles. The van der Waals surface area contributed by atoms with Gasteiger partial charge in [-0.1, -0.05) is 24.3 Å². The molecule has 9 heteroatoms. The lowest BCUT2D eigenvalue weighted by Crippen LogP contribution is -2.33. The number of amides is 3. The lowest BCUT2D eigenvalue weighted by molar-refractivity contribution is -0.136. The van der Waals surface area contributed by atoms with Gasteiger partial charge in [0.2, 0.25) is 0 Å². The fourth-order valence-corrected chi connectivity index (χ4v) is 2.95. The summed E-state index contributed by atoms with van der Waals surface area (Å²) in [5, 5.41) is 8.99. The quantitative estimate of drug-likeness (QED) is 0.270. The van der Waals surface area contributed by atoms with Crippen molar-refractivity contribution in [1.29, 1.82) is 0 Å². The molecule has 9 nitrogen and oxygen atoms in total. The lowest BCUT2D eigenvalue weighted by atomic mass is 10.1. The zero-order valence-corrected chi connectivity index (χ0v) is 18.7. The highest BCUT2D eigenvalue weighted by Crippen LogP contribution is 2.20. The Bertz CT molecular complexity index is 1190. The molecule has 0 bridgehead atoms. The van der Waals surface area contributed by atoms with Crippen molar-refractivity contribution in [2.24, 2.45) is 5.10 Å². The molecule has 0 spiro atoms. The van der Waals surface area contributed by atoms with Crippen LogP contribution >= 0.6 is 0 Å². The van der Waals surface area contributed by atoms with Crippen molar-refractivity contribution in [2.75, 3.05) is 24.4 Å². The molecule has 0 unspecified atom stereocenters. The second-order valence-corrected chi connectivity index (χ2v) is 6.85. The first-order valence-electron chi connectivity index (χ1n) is 10.4. The number of hydrogen-bond donors (Lipinski definition) is 3. The van der Waals surface area contributed by atoms with E-state index < -0.39 is 17.7 Å². The zero-order chi connectivity index (χ0) is 24.3. The number of anilines is 2. The monoisotopic (exact) mass is 460 g/mol. The molecule has 3 amide bonds. The summed E-state index contributed by atoms with van der Waals surface area (Å²) in [5.74, 6) is -1.16. The van der Waals surface area contributed by atoms with Gasteiger partial charge in [-0.05, 0) is 55.5 Å². The number of methoxy groups -OCH3 is 1. The molecular formula is C25H24N4O5. The summed E-state index contributed by atoms with van der Waals surface area (Å²) >= 11 is 0. The summed E-state index contributed by atoms with van der Waals surface area (Å²) in [6, 6.07) is 20.3. The van der Waals surface area contributed by atoms with E-state index >= 15 is 0 Å². The molecule has 0 radical (unpaired) electrons. The molecule has 174 valence electrons. The molecule has 3 aromatic rings. The first kappa shape index (κ1) is 24.0. The Morgan fingerprint density at radius 3 is 2.32 bits per heavy atom. The maximum Gasteiger partial charge on any atom is 0.329 e. The Morgan fingerprint density at radius 2 is 1.59 bits per heavy atom. The number of carbonyl (C=O) groups excluding carboxylic acids is 3. The van der Waals surface area contributed by atoms with Crippen LogP contribution in [-0.4, -0.2) is 37.7 Å². The van der Waals surface area contributed by atoms with Crippen molar-refractivity contribution in [3.8, 4) is 11.5 Å². The number of para-hydroxylation sites is 2. The minimum atomic E-state index is -0.993. The normalized spacial score (nSPS) is 10.4. The van der Waals surface area contributed by atoms with Gasteiger partial charge in [-0.3, -0.25) is 14.4 Å². The van der Waals surface area contributed by atoms with Crippen molar-refractivity contribution in [3.05, 3.63) is 83.9 Å². The second kappa shape index (κ2) is 11.8. The van der Waals surface area contributed by atoms with Crippen LogP contribution in [0, 0.1) is 0 Å². The summed E-state index contributed by atoms with van der Waals surface area (Å²) in [5.41, 5.74) is 3.71. The molecule has 34 heavy (non-hydrogen) atoms. The summed E-state index contributed by atoms with van der Waals surface area (Å²) < 4.78 is 10.6. The lowest BCUT2D eigenvalue weighted by Gasteiger charge is -2.11. The number of ether oxygens (including phenoxy) is 2. The smallest absolute Gasteiger partial charge is 0.329 e. The van der Waals surface area contributed by atoms with Gasteiger partial charge in [0.1, 0.15) is 11.5 Å². The third kappa shape index (κ3) is 6.42. The van der Waals surface area contributed by atoms with Crippen LogP contribution in [0.25, 0.3) is 0 Å². The van der Waals surface area contributed by atoms with Gasteiger partial charge < -0.3 is 20.1 Å². The minimum absolute atomic E-state index is 0.180. The highest BCUT2D eigenvalue weighted by Gasteiger charge is 2.18. The van der Waals surface area contributed by atoms with E-state index in [1.54, 1.807) is 60.7 Å². The van der Waals surface area contributed by atoms with Crippen LogP contribution < -0.4 is 25.5 Å². The minimum Gasteiger partial charge on any atom is -0.496 e. The average Bonchev–Trinajstić information content (AvgIpc) is 2.86. The van der Waals surface area contributed by atoms with Crippen molar-refractivity contribution < 1.29 is 23.9 Å². The maximum absolute atomic E-state index is 12.8. The molecule has 3 rings (SSSR count). The van der Waals surface area contributed by atoms with E-state index in [0.717, 1.165) is 0 Å². The molecule has 0 saturated heterocycles. The summed E-state index contributed by atoms with van der Waals surface area (Å²) in [6.45, 7) is 2.42. The van der Waals surface area contributed by atoms with Gasteiger partial charge in [-0.25, -0.2) is 5.43 Å². The molecule has 3 N–H and O–H groups in total. The second-order valence-electron chi connectivity index (χ2n) is 6.85. The number of nitrogens with zero attached hydrogens (tertiary/aromatic N) is 1. The Kier molecular flexibility index (Phi) is 8.34. The standard InChI is InChI=1S/C25H24N4O5/c1-3-34-19-14-12-18(13-15-19)27-23(30)20-9-5-6-10-21(20)28-24(31)25(32)29-26-16-17-8-4-7-11-22(17)33-2/h4-16H,3H2,1-2H3,(H,27,30)(H,28,31)(H,29,32). The van der Waals surface area contributed by atoms with Crippen LogP contribution in [-0.2, 0) is 9.59 Å². The van der Waals surface area contributed by atoms with Crippen LogP contribution in [0.5, 0.6) is 11.5 Å². The highest BCUT2D eigenvalue weighted by atomic mass is 16.5. The van der Waals surface area contributed by atoms with Gasteiger partial charge in [0.05, 0.1) is 31.2 Å². The number of benzene rings is 3. The predicted molar refractivity (Wildman–Crippen MR) is 129 cm³/mol. The summed E-state index contributed by atoms with van der Waals surface area (Å²) in [7, 11) is 1.52. The van der Waals surface area contributed by atoms with Crippen molar-refractivity contribution in [2.45, 2.75) is 6.92 Å². The average molecular weight is 460 g/mol. The van der Waals surface area contributed by atoms with Gasteiger partial charge in [-0.15, -0.1) is 0 Å². The molecule has 0 aliphatic carbocycles. The Morgan fingerprint density at radius 1 is 0.882 bits per heavy atom. The van der Waals surface area contributed by atoms with Crippen molar-refractivity contribution in [1.82, 2.24) is 5.43 Å². The van der Waals surface area contributed by atoms with Crippen molar-refractivity contribution in [3.63, 3.8) is 0 Å². The van der Waals surface area contributed by atoms with Gasteiger partial charge in [0.25, 0.3) is 5.91 Å². The Hall–Kier alpha value is -4.66. The summed E-state index contributed by atoms with van der Waals surface area (Å²) in [6.07, 6.45) is 1.36. The topological polar surface area (TPSA) is 118 Å². The van der Waals surface area contributed by atoms with E-state index in [1.165, 1.54) is 25.5 Å². The Labute approximate surface area is 196 Å². The maximum atomic E-state index is 12.8. The van der Waals surface area contributed by atoms with Gasteiger partial charge in [0.15, 0.2) is 0 Å². The van der Waals surface area contributed by atoms with Gasteiger partial charge in [-0.2, -0.15) is 5.10 Å². The predicted octanol–water partition coefficient (Wildman–Crippen LogP) is 3.44. The van der Waals surface area contributed by atoms with Crippen LogP contribution in [0.15, 0.2) is 77.9 Å². The fourth-order valence-electron chi connectivity index (χ4n) is 2.95. The summed E-state index contributed by atoms with van der Waals surface area (Å²) in [4.78, 5) is 37.3. The third-order valence-electron chi connectivity index (χ3n) is 4.56. The van der Waals surface area contributed by atoms with Gasteiger partial charge in [0, 0.05) is 11.3 Å². The molecule has 0 aliphatic rings. The van der Waals surface area contributed by atoms with Crippen molar-refractivity contribution >= 4 is 35.3 Å². The molecule has 0 atom stereocenters. The van der Waals surface area contributed by atoms with Crippen LogP contribution in [0.2, 0.25) is 0 Å². The van der Waals surface area contributed by atoms with Gasteiger partial charge >= 0.3 is 11.8 Å². The number of hydrogen-bond acceptors (Lipinski definition) is 6. The Balaban J connectivity index is 1.63. The van der Waals surface area contributed by atoms with E-state index in [9.17, 15) is 14.4 Å². The largest absolute Gasteiger partial charge is 0.496 e. The molecule has 0 saturated carbocycles. The SMILES string of the molecule is CCOc1ccc(NC(=O)c2ccccc2NC(=O)C(=O)NN=Cc2ccccc2OC)cc1. The molecule has 0 fully saturated rings. The molecule has 0 heterocycles. The molecular weight excluding hydrogens is 436 g/mol. The van der Waals surface area contributed by atoms with Crippen LogP contribution in [0.4, 0.5) is 11.4 Å². The van der Waals surface area contributed by atoms with E-state index in [4.69, 9.17) is 9.47 Å². The molecule has 0 aromatic heterocycles. The first-order valence-corrected chi connectivity index (χ1v) is 10.4.